The molecule has 1 N–H and O–H groups in total. The zero-order valence-corrected chi connectivity index (χ0v) is 12.3. The lowest BCUT2D eigenvalue weighted by Crippen LogP contribution is -2.05. The van der Waals surface area contributed by atoms with Crippen LogP contribution < -0.4 is 9.47 Å². The average molecular weight is 335 g/mol. The van der Waals surface area contributed by atoms with Gasteiger partial charge in [0.1, 0.15) is 0 Å². The van der Waals surface area contributed by atoms with E-state index >= 15 is 0 Å². The highest BCUT2D eigenvalue weighted by Crippen LogP contribution is 2.35. The smallest absolute Gasteiger partial charge is 0.162 e. The quantitative estimate of drug-likeness (QED) is 0.912. The molecule has 0 bridgehead atoms. The van der Waals surface area contributed by atoms with Crippen molar-refractivity contribution < 1.29 is 18.8 Å². The molecule has 1 heterocycles. The van der Waals surface area contributed by atoms with Crippen molar-refractivity contribution in [2.75, 3.05) is 25.6 Å². The first-order valence-electron chi connectivity index (χ1n) is 5.74. The number of halogens is 1. The van der Waals surface area contributed by atoms with Crippen LogP contribution in [0.4, 0.5) is 0 Å². The van der Waals surface area contributed by atoms with Crippen molar-refractivity contribution in [3.63, 3.8) is 0 Å². The number of ether oxygens (including phenoxy) is 2. The molecule has 0 spiro atoms. The highest BCUT2D eigenvalue weighted by molar-refractivity contribution is 9.10. The van der Waals surface area contributed by atoms with Crippen molar-refractivity contribution in [1.82, 2.24) is 0 Å². The molecule has 0 unspecified atom stereocenters. The normalized spacial score (nSPS) is 16.1. The number of hydrogen-bond acceptors (Lipinski definition) is 4. The number of hydrogen-bond donors (Lipinski definition) is 1. The molecule has 0 fully saturated rings. The average Bonchev–Trinajstić information content (AvgIpc) is 2.55. The molecular formula is C12H15BrO4S. The van der Waals surface area contributed by atoms with Crippen molar-refractivity contribution in [1.29, 1.82) is 0 Å². The van der Waals surface area contributed by atoms with Gasteiger partial charge in [-0.15, -0.1) is 0 Å². The Bertz CT molecular complexity index is 450. The van der Waals surface area contributed by atoms with Crippen LogP contribution in [0.5, 0.6) is 11.5 Å². The molecule has 1 aromatic rings. The second kappa shape index (κ2) is 6.54. The molecule has 1 aliphatic rings. The summed E-state index contributed by atoms with van der Waals surface area (Å²) >= 11 is 3.45. The molecule has 1 aliphatic heterocycles. The van der Waals surface area contributed by atoms with Gasteiger partial charge >= 0.3 is 0 Å². The van der Waals surface area contributed by atoms with Crippen LogP contribution in [-0.2, 0) is 16.6 Å². The fourth-order valence-electron chi connectivity index (χ4n) is 1.68. The lowest BCUT2D eigenvalue weighted by atomic mass is 10.2. The van der Waals surface area contributed by atoms with Crippen molar-refractivity contribution >= 4 is 26.7 Å². The Morgan fingerprint density at radius 2 is 1.94 bits per heavy atom. The van der Waals surface area contributed by atoms with Gasteiger partial charge in [0.15, 0.2) is 11.5 Å². The van der Waals surface area contributed by atoms with E-state index in [0.717, 1.165) is 22.2 Å². The second-order valence-corrected chi connectivity index (χ2v) is 6.38. The first kappa shape index (κ1) is 13.8. The van der Waals surface area contributed by atoms with E-state index in [0.29, 0.717) is 30.5 Å². The van der Waals surface area contributed by atoms with Crippen molar-refractivity contribution in [3.8, 4) is 11.5 Å². The van der Waals surface area contributed by atoms with E-state index in [1.807, 2.05) is 12.1 Å². The largest absolute Gasteiger partial charge is 0.490 e. The lowest BCUT2D eigenvalue weighted by molar-refractivity contribution is 0.297. The molecular weight excluding hydrogens is 320 g/mol. The van der Waals surface area contributed by atoms with Gasteiger partial charge in [0.05, 0.1) is 19.8 Å². The topological polar surface area (TPSA) is 55.8 Å². The standard InChI is InChI=1S/C12H15BrO4S/c13-10-7-12-11(16-3-1-4-17-12)6-9(10)8-18(15)5-2-14/h6-7,14H,1-5,8H2/t18-/m0/s1. The second-order valence-electron chi connectivity index (χ2n) is 3.95. The van der Waals surface area contributed by atoms with Gasteiger partial charge in [-0.1, -0.05) is 15.9 Å². The van der Waals surface area contributed by atoms with E-state index in [9.17, 15) is 4.21 Å². The number of rotatable bonds is 4. The molecule has 0 aliphatic carbocycles. The molecule has 100 valence electrons. The Hall–Kier alpha value is -0.590. The van der Waals surface area contributed by atoms with E-state index < -0.39 is 10.8 Å². The lowest BCUT2D eigenvalue weighted by Gasteiger charge is -2.11. The SMILES string of the molecule is O=[S@@](CCO)Cc1cc2c(cc1Br)OCCCO2. The van der Waals surface area contributed by atoms with Gasteiger partial charge < -0.3 is 14.6 Å². The minimum Gasteiger partial charge on any atom is -0.490 e. The van der Waals surface area contributed by atoms with Gasteiger partial charge in [0, 0.05) is 33.2 Å². The van der Waals surface area contributed by atoms with E-state index in [1.165, 1.54) is 0 Å². The number of fused-ring (bicyclic) bond motifs is 1. The van der Waals surface area contributed by atoms with E-state index in [1.54, 1.807) is 0 Å². The molecule has 0 saturated heterocycles. The Morgan fingerprint density at radius 3 is 2.61 bits per heavy atom. The minimum atomic E-state index is -1.06. The first-order valence-corrected chi connectivity index (χ1v) is 8.02. The zero-order valence-electron chi connectivity index (χ0n) is 9.86. The van der Waals surface area contributed by atoms with Crippen molar-refractivity contribution in [2.24, 2.45) is 0 Å². The third kappa shape index (κ3) is 3.46. The van der Waals surface area contributed by atoms with Crippen LogP contribution in [0.25, 0.3) is 0 Å². The monoisotopic (exact) mass is 334 g/mol. The van der Waals surface area contributed by atoms with E-state index in [-0.39, 0.29) is 6.61 Å². The molecule has 0 aromatic heterocycles. The Labute approximate surface area is 117 Å². The molecule has 0 saturated carbocycles. The highest BCUT2D eigenvalue weighted by atomic mass is 79.9. The maximum atomic E-state index is 11.7. The number of aliphatic hydroxyl groups is 1. The fraction of sp³-hybridized carbons (Fsp3) is 0.500. The summed E-state index contributed by atoms with van der Waals surface area (Å²) in [7, 11) is -1.06. The van der Waals surface area contributed by atoms with Crippen LogP contribution in [0, 0.1) is 0 Å². The highest BCUT2D eigenvalue weighted by Gasteiger charge is 2.15. The maximum absolute atomic E-state index is 11.7. The van der Waals surface area contributed by atoms with Gasteiger partial charge in [0.2, 0.25) is 0 Å². The molecule has 1 aromatic carbocycles. The van der Waals surface area contributed by atoms with Gasteiger partial charge in [0.25, 0.3) is 0 Å². The summed E-state index contributed by atoms with van der Waals surface area (Å²) in [5.41, 5.74) is 0.908. The third-order valence-corrected chi connectivity index (χ3v) is 4.56. The summed E-state index contributed by atoms with van der Waals surface area (Å²) in [4.78, 5) is 0. The van der Waals surface area contributed by atoms with Crippen LogP contribution >= 0.6 is 15.9 Å². The maximum Gasteiger partial charge on any atom is 0.162 e. The van der Waals surface area contributed by atoms with Crippen molar-refractivity contribution in [3.05, 3.63) is 22.2 Å². The number of aliphatic hydroxyl groups excluding tert-OH is 1. The summed E-state index contributed by atoms with van der Waals surface area (Å²) in [5.74, 6) is 2.11. The summed E-state index contributed by atoms with van der Waals surface area (Å²) in [6.07, 6.45) is 0.859. The summed E-state index contributed by atoms with van der Waals surface area (Å²) in [6.45, 7) is 1.22. The molecule has 1 atom stereocenters. The minimum absolute atomic E-state index is 0.0607. The van der Waals surface area contributed by atoms with E-state index in [4.69, 9.17) is 14.6 Å². The summed E-state index contributed by atoms with van der Waals surface area (Å²) < 4.78 is 23.7. The van der Waals surface area contributed by atoms with Crippen molar-refractivity contribution in [2.45, 2.75) is 12.2 Å². The number of benzene rings is 1. The Kier molecular flexibility index (Phi) is 5.03. The molecule has 0 radical (unpaired) electrons. The fourth-order valence-corrected chi connectivity index (χ4v) is 3.27. The van der Waals surface area contributed by atoms with Crippen LogP contribution in [0.15, 0.2) is 16.6 Å². The van der Waals surface area contributed by atoms with Crippen LogP contribution in [-0.4, -0.2) is 34.9 Å². The molecule has 2 rings (SSSR count). The van der Waals surface area contributed by atoms with Crippen LogP contribution in [0.3, 0.4) is 0 Å². The predicted molar refractivity (Wildman–Crippen MR) is 73.5 cm³/mol. The molecule has 18 heavy (non-hydrogen) atoms. The Morgan fingerprint density at radius 1 is 1.28 bits per heavy atom. The summed E-state index contributed by atoms with van der Waals surface area (Å²) in [6, 6.07) is 3.71. The predicted octanol–water partition coefficient (Wildman–Crippen LogP) is 1.85. The van der Waals surface area contributed by atoms with Gasteiger partial charge in [-0.3, -0.25) is 4.21 Å². The van der Waals surface area contributed by atoms with Crippen LogP contribution in [0.2, 0.25) is 0 Å². The van der Waals surface area contributed by atoms with Gasteiger partial charge in [-0.05, 0) is 17.7 Å². The summed E-state index contributed by atoms with van der Waals surface area (Å²) in [5, 5.41) is 8.76. The van der Waals surface area contributed by atoms with Crippen LogP contribution in [0.1, 0.15) is 12.0 Å². The molecule has 6 heteroatoms. The van der Waals surface area contributed by atoms with Gasteiger partial charge in [-0.25, -0.2) is 0 Å². The third-order valence-electron chi connectivity index (χ3n) is 2.55. The molecule has 0 amide bonds. The Balaban J connectivity index is 2.21. The molecule has 4 nitrogen and oxygen atoms in total. The zero-order chi connectivity index (χ0) is 13.0. The van der Waals surface area contributed by atoms with Gasteiger partial charge in [-0.2, -0.15) is 0 Å². The first-order chi connectivity index (χ1) is 8.70. The van der Waals surface area contributed by atoms with E-state index in [2.05, 4.69) is 15.9 Å².